The highest BCUT2D eigenvalue weighted by molar-refractivity contribution is 9.10. The number of carbonyl (C=O) groups excluding carboxylic acids is 1. The summed E-state index contributed by atoms with van der Waals surface area (Å²) in [6.07, 6.45) is 4.19. The molecule has 0 aliphatic heterocycles. The van der Waals surface area contributed by atoms with Crippen LogP contribution in [0.2, 0.25) is 0 Å². The van der Waals surface area contributed by atoms with Crippen LogP contribution in [0.4, 0.5) is 0 Å². The molecule has 0 saturated heterocycles. The van der Waals surface area contributed by atoms with Crippen molar-refractivity contribution in [1.82, 2.24) is 5.32 Å². The number of ether oxygens (including phenoxy) is 2. The van der Waals surface area contributed by atoms with E-state index in [2.05, 4.69) is 47.2 Å². The molecule has 0 unspecified atom stereocenters. The zero-order valence-electron chi connectivity index (χ0n) is 16.2. The first-order valence-corrected chi connectivity index (χ1v) is 9.55. The Morgan fingerprint density at radius 2 is 1.74 bits per heavy atom. The van der Waals surface area contributed by atoms with Crippen LogP contribution in [0, 0.1) is 5.41 Å². The Morgan fingerprint density at radius 1 is 1.07 bits per heavy atom. The van der Waals surface area contributed by atoms with Gasteiger partial charge in [-0.15, -0.1) is 0 Å². The van der Waals surface area contributed by atoms with E-state index in [1.165, 1.54) is 11.6 Å². The second kappa shape index (κ2) is 9.60. The molecule has 0 bridgehead atoms. The minimum absolute atomic E-state index is 0.0410. The van der Waals surface area contributed by atoms with E-state index in [1.54, 1.807) is 20.3 Å². The van der Waals surface area contributed by atoms with Crippen LogP contribution < -0.4 is 14.8 Å². The van der Waals surface area contributed by atoms with Crippen molar-refractivity contribution in [2.45, 2.75) is 20.3 Å². The van der Waals surface area contributed by atoms with Gasteiger partial charge in [-0.25, -0.2) is 0 Å². The fourth-order valence-corrected chi connectivity index (χ4v) is 3.00. The fraction of sp³-hybridized carbons (Fsp3) is 0.318. The van der Waals surface area contributed by atoms with Gasteiger partial charge in [0.1, 0.15) is 0 Å². The molecular formula is C22H26BrNO3. The number of benzene rings is 2. The molecule has 0 aliphatic carbocycles. The molecular weight excluding hydrogens is 406 g/mol. The van der Waals surface area contributed by atoms with Gasteiger partial charge in [0.25, 0.3) is 0 Å². The van der Waals surface area contributed by atoms with Gasteiger partial charge in [-0.1, -0.05) is 48.0 Å². The maximum atomic E-state index is 12.2. The Kier molecular flexibility index (Phi) is 7.48. The zero-order chi connectivity index (χ0) is 19.9. The highest BCUT2D eigenvalue weighted by atomic mass is 79.9. The number of carbonyl (C=O) groups is 1. The summed E-state index contributed by atoms with van der Waals surface area (Å²) in [5.41, 5.74) is 2.08. The van der Waals surface area contributed by atoms with E-state index in [9.17, 15) is 4.79 Å². The van der Waals surface area contributed by atoms with Crippen LogP contribution in [0.25, 0.3) is 6.08 Å². The van der Waals surface area contributed by atoms with Crippen molar-refractivity contribution >= 4 is 27.9 Å². The Hall–Kier alpha value is -2.27. The van der Waals surface area contributed by atoms with Gasteiger partial charge in [-0.3, -0.25) is 4.79 Å². The fourth-order valence-electron chi connectivity index (χ4n) is 2.73. The number of hydrogen-bond acceptors (Lipinski definition) is 3. The molecule has 144 valence electrons. The highest BCUT2D eigenvalue weighted by Crippen LogP contribution is 2.28. The molecule has 0 heterocycles. The predicted molar refractivity (Wildman–Crippen MR) is 113 cm³/mol. The first-order valence-electron chi connectivity index (χ1n) is 8.75. The summed E-state index contributed by atoms with van der Waals surface area (Å²) in [6, 6.07) is 13.8. The van der Waals surface area contributed by atoms with Crippen molar-refractivity contribution in [2.24, 2.45) is 5.41 Å². The van der Waals surface area contributed by atoms with Crippen LogP contribution in [0.5, 0.6) is 11.5 Å². The molecule has 0 aliphatic rings. The molecule has 1 amide bonds. The molecule has 5 heteroatoms. The van der Waals surface area contributed by atoms with Crippen molar-refractivity contribution in [3.05, 3.63) is 64.1 Å². The van der Waals surface area contributed by atoms with Crippen LogP contribution in [0.15, 0.2) is 53.0 Å². The van der Waals surface area contributed by atoms with Gasteiger partial charge in [0, 0.05) is 17.1 Å². The van der Waals surface area contributed by atoms with E-state index < -0.39 is 0 Å². The second-order valence-electron chi connectivity index (χ2n) is 7.13. The lowest BCUT2D eigenvalue weighted by molar-refractivity contribution is -0.116. The Labute approximate surface area is 169 Å². The number of rotatable bonds is 8. The zero-order valence-corrected chi connectivity index (χ0v) is 17.8. The maximum absolute atomic E-state index is 12.2. The molecule has 0 atom stereocenters. The Balaban J connectivity index is 1.91. The average molecular weight is 432 g/mol. The predicted octanol–water partition coefficient (Wildman–Crippen LogP) is 4.86. The molecule has 2 aromatic rings. The summed E-state index contributed by atoms with van der Waals surface area (Å²) in [7, 11) is 3.18. The van der Waals surface area contributed by atoms with Crippen LogP contribution in [0.1, 0.15) is 25.0 Å². The lowest BCUT2D eigenvalue weighted by atomic mass is 9.85. The summed E-state index contributed by atoms with van der Waals surface area (Å²) >= 11 is 3.45. The van der Waals surface area contributed by atoms with Crippen LogP contribution in [-0.2, 0) is 11.2 Å². The third-order valence-electron chi connectivity index (χ3n) is 4.17. The second-order valence-corrected chi connectivity index (χ2v) is 8.05. The number of nitrogens with one attached hydrogen (secondary N) is 1. The molecule has 4 nitrogen and oxygen atoms in total. The van der Waals surface area contributed by atoms with Crippen molar-refractivity contribution in [1.29, 1.82) is 0 Å². The standard InChI is InChI=1S/C22H26BrNO3/c1-22(2,14-17-5-9-18(23)10-6-17)15-24-21(25)12-8-16-7-11-19(26-3)20(13-16)27-4/h5-13H,14-15H2,1-4H3,(H,24,25)/b12-8+. The minimum Gasteiger partial charge on any atom is -0.493 e. The summed E-state index contributed by atoms with van der Waals surface area (Å²) in [5, 5.41) is 2.99. The van der Waals surface area contributed by atoms with E-state index in [4.69, 9.17) is 9.47 Å². The average Bonchev–Trinajstić information content (AvgIpc) is 2.66. The minimum atomic E-state index is -0.117. The first kappa shape index (κ1) is 21.0. The van der Waals surface area contributed by atoms with E-state index in [1.807, 2.05) is 30.3 Å². The highest BCUT2D eigenvalue weighted by Gasteiger charge is 2.19. The summed E-state index contributed by atoms with van der Waals surface area (Å²) in [4.78, 5) is 12.2. The van der Waals surface area contributed by atoms with Crippen molar-refractivity contribution in [3.63, 3.8) is 0 Å². The summed E-state index contributed by atoms with van der Waals surface area (Å²) < 4.78 is 11.6. The lowest BCUT2D eigenvalue weighted by Gasteiger charge is -2.25. The van der Waals surface area contributed by atoms with Gasteiger partial charge in [-0.2, -0.15) is 0 Å². The van der Waals surface area contributed by atoms with Crippen molar-refractivity contribution in [3.8, 4) is 11.5 Å². The molecule has 1 N–H and O–H groups in total. The Bertz CT molecular complexity index is 798. The van der Waals surface area contributed by atoms with Gasteiger partial charge >= 0.3 is 0 Å². The van der Waals surface area contributed by atoms with Crippen molar-refractivity contribution in [2.75, 3.05) is 20.8 Å². The molecule has 0 aromatic heterocycles. The number of hydrogen-bond donors (Lipinski definition) is 1. The van der Waals surface area contributed by atoms with Gasteiger partial charge in [0.05, 0.1) is 14.2 Å². The number of amides is 1. The van der Waals surface area contributed by atoms with Crippen LogP contribution in [0.3, 0.4) is 0 Å². The quantitative estimate of drug-likeness (QED) is 0.606. The first-order chi connectivity index (χ1) is 12.8. The smallest absolute Gasteiger partial charge is 0.244 e. The largest absolute Gasteiger partial charge is 0.493 e. The molecule has 0 radical (unpaired) electrons. The van der Waals surface area contributed by atoms with E-state index in [0.717, 1.165) is 16.5 Å². The van der Waals surface area contributed by atoms with E-state index >= 15 is 0 Å². The molecule has 0 fully saturated rings. The van der Waals surface area contributed by atoms with Crippen LogP contribution in [-0.4, -0.2) is 26.7 Å². The third kappa shape index (κ3) is 6.75. The molecule has 0 saturated carbocycles. The molecule has 2 rings (SSSR count). The number of halogens is 1. The maximum Gasteiger partial charge on any atom is 0.244 e. The van der Waals surface area contributed by atoms with Gasteiger partial charge in [0.15, 0.2) is 11.5 Å². The third-order valence-corrected chi connectivity index (χ3v) is 4.70. The van der Waals surface area contributed by atoms with E-state index in [-0.39, 0.29) is 11.3 Å². The Morgan fingerprint density at radius 3 is 2.37 bits per heavy atom. The lowest BCUT2D eigenvalue weighted by Crippen LogP contribution is -2.34. The van der Waals surface area contributed by atoms with Gasteiger partial charge < -0.3 is 14.8 Å². The SMILES string of the molecule is COc1ccc(/C=C/C(=O)NCC(C)(C)Cc2ccc(Br)cc2)cc1OC. The number of methoxy groups -OCH3 is 2. The molecule has 2 aromatic carbocycles. The normalized spacial score (nSPS) is 11.4. The van der Waals surface area contributed by atoms with Gasteiger partial charge in [0.2, 0.25) is 5.91 Å². The summed E-state index contributed by atoms with van der Waals surface area (Å²) in [5.74, 6) is 1.18. The summed E-state index contributed by atoms with van der Waals surface area (Å²) in [6.45, 7) is 4.89. The van der Waals surface area contributed by atoms with Crippen molar-refractivity contribution < 1.29 is 14.3 Å². The molecule has 0 spiro atoms. The van der Waals surface area contributed by atoms with Gasteiger partial charge in [-0.05, 0) is 53.3 Å². The van der Waals surface area contributed by atoms with E-state index in [0.29, 0.717) is 18.0 Å². The topological polar surface area (TPSA) is 47.6 Å². The molecule has 27 heavy (non-hydrogen) atoms. The van der Waals surface area contributed by atoms with Crippen LogP contribution >= 0.6 is 15.9 Å². The monoisotopic (exact) mass is 431 g/mol.